The molecule has 5 heteroatoms. The van der Waals surface area contributed by atoms with Gasteiger partial charge >= 0.3 is 0 Å². The molecule has 12 heavy (non-hydrogen) atoms. The summed E-state index contributed by atoms with van der Waals surface area (Å²) < 4.78 is 0. The fourth-order valence-corrected chi connectivity index (χ4v) is 1.06. The van der Waals surface area contributed by atoms with E-state index in [0.29, 0.717) is 0 Å². The first-order valence-corrected chi connectivity index (χ1v) is 3.83. The average Bonchev–Trinajstić information content (AvgIpc) is 2.58. The lowest BCUT2D eigenvalue weighted by Gasteiger charge is -2.12. The Labute approximate surface area is 74.8 Å². The summed E-state index contributed by atoms with van der Waals surface area (Å²) in [5, 5.41) is 6.24. The predicted octanol–water partition coefficient (Wildman–Crippen LogP) is 1.11. The molecule has 0 fully saturated rings. The van der Waals surface area contributed by atoms with Gasteiger partial charge in [-0.2, -0.15) is 5.10 Å². The van der Waals surface area contributed by atoms with Gasteiger partial charge in [0.25, 0.3) is 0 Å². The second-order valence-corrected chi connectivity index (χ2v) is 2.75. The van der Waals surface area contributed by atoms with Crippen LogP contribution in [0.4, 0.5) is 5.69 Å². The lowest BCUT2D eigenvalue weighted by atomic mass is 10.3. The van der Waals surface area contributed by atoms with Gasteiger partial charge in [-0.05, 0) is 24.3 Å². The Morgan fingerprint density at radius 2 is 2.00 bits per heavy atom. The van der Waals surface area contributed by atoms with E-state index in [9.17, 15) is 0 Å². The van der Waals surface area contributed by atoms with Crippen molar-refractivity contribution < 1.29 is 0 Å². The topological polar surface area (TPSA) is 39.7 Å². The van der Waals surface area contributed by atoms with Crippen LogP contribution in [0.3, 0.4) is 0 Å². The van der Waals surface area contributed by atoms with Gasteiger partial charge in [0.1, 0.15) is 6.34 Å². The Balaban J connectivity index is 2.23. The third-order valence-electron chi connectivity index (χ3n) is 1.51. The lowest BCUT2D eigenvalue weighted by molar-refractivity contribution is 0.623. The maximum Gasteiger partial charge on any atom is 0.133 e. The van der Waals surface area contributed by atoms with E-state index in [4.69, 9.17) is 11.6 Å². The van der Waals surface area contributed by atoms with E-state index in [1.54, 1.807) is 11.3 Å². The normalized spacial score (nSPS) is 14.9. The van der Waals surface area contributed by atoms with E-state index in [2.05, 4.69) is 16.2 Å². The monoisotopic (exact) mass is 182 g/mol. The summed E-state index contributed by atoms with van der Waals surface area (Å²) in [6, 6.07) is 7.44. The van der Waals surface area contributed by atoms with Crippen molar-refractivity contribution in [3.05, 3.63) is 29.3 Å². The number of hydrogen-bond acceptors (Lipinski definition) is 4. The Morgan fingerprint density at radius 3 is 2.58 bits per heavy atom. The first-order chi connectivity index (χ1) is 5.86. The van der Waals surface area contributed by atoms with Crippen molar-refractivity contribution in [2.24, 2.45) is 5.10 Å². The number of halogens is 1. The van der Waals surface area contributed by atoms with Gasteiger partial charge in [0, 0.05) is 5.02 Å². The largest absolute Gasteiger partial charge is 0.245 e. The molecule has 1 aromatic rings. The molecule has 0 spiro atoms. The minimum absolute atomic E-state index is 0.725. The van der Waals surface area contributed by atoms with Gasteiger partial charge in [0.15, 0.2) is 0 Å². The number of benzene rings is 1. The van der Waals surface area contributed by atoms with Crippen molar-refractivity contribution in [3.8, 4) is 0 Å². The number of anilines is 1. The van der Waals surface area contributed by atoms with Crippen molar-refractivity contribution in [1.82, 2.24) is 11.1 Å². The van der Waals surface area contributed by atoms with E-state index < -0.39 is 0 Å². The number of nitrogens with zero attached hydrogens (tertiary/aromatic N) is 2. The van der Waals surface area contributed by atoms with Gasteiger partial charge in [0.2, 0.25) is 0 Å². The van der Waals surface area contributed by atoms with Crippen LogP contribution < -0.4 is 16.1 Å². The van der Waals surface area contributed by atoms with Crippen LogP contribution in [0.2, 0.25) is 5.02 Å². The molecule has 0 saturated heterocycles. The van der Waals surface area contributed by atoms with E-state index in [-0.39, 0.29) is 0 Å². The Hall–Kier alpha value is -1.26. The fraction of sp³-hybridized carbons (Fsp3) is 0. The van der Waals surface area contributed by atoms with Crippen LogP contribution in [-0.4, -0.2) is 6.34 Å². The first kappa shape index (κ1) is 7.39. The minimum Gasteiger partial charge on any atom is -0.245 e. The van der Waals surface area contributed by atoms with Crippen molar-refractivity contribution in [1.29, 1.82) is 0 Å². The van der Waals surface area contributed by atoms with Crippen LogP contribution >= 0.6 is 11.6 Å². The van der Waals surface area contributed by atoms with E-state index in [1.165, 1.54) is 0 Å². The first-order valence-electron chi connectivity index (χ1n) is 3.45. The molecule has 0 bridgehead atoms. The Kier molecular flexibility index (Phi) is 1.85. The molecule has 2 rings (SSSR count). The molecule has 0 atom stereocenters. The van der Waals surface area contributed by atoms with E-state index in [1.807, 2.05) is 24.3 Å². The zero-order valence-corrected chi connectivity index (χ0v) is 6.92. The Bertz CT molecular complexity index is 295. The third-order valence-corrected chi connectivity index (χ3v) is 1.76. The highest BCUT2D eigenvalue weighted by molar-refractivity contribution is 6.30. The molecule has 1 aliphatic rings. The molecule has 2 N–H and O–H groups in total. The van der Waals surface area contributed by atoms with Crippen LogP contribution in [0, 0.1) is 0 Å². The van der Waals surface area contributed by atoms with Crippen molar-refractivity contribution in [2.45, 2.75) is 0 Å². The zero-order chi connectivity index (χ0) is 8.39. The molecular formula is C7H7ClN4. The molecule has 1 aromatic carbocycles. The van der Waals surface area contributed by atoms with Crippen LogP contribution in [0.1, 0.15) is 0 Å². The number of hydrazone groups is 1. The van der Waals surface area contributed by atoms with Crippen molar-refractivity contribution in [3.63, 3.8) is 0 Å². The minimum atomic E-state index is 0.725. The number of hydrogen-bond donors (Lipinski definition) is 2. The van der Waals surface area contributed by atoms with Gasteiger partial charge < -0.3 is 0 Å². The van der Waals surface area contributed by atoms with Crippen LogP contribution in [0.25, 0.3) is 0 Å². The highest BCUT2D eigenvalue weighted by atomic mass is 35.5. The van der Waals surface area contributed by atoms with Crippen LogP contribution in [0.5, 0.6) is 0 Å². The summed E-state index contributed by atoms with van der Waals surface area (Å²) in [5.41, 5.74) is 6.39. The predicted molar refractivity (Wildman–Crippen MR) is 48.7 cm³/mol. The van der Waals surface area contributed by atoms with Crippen molar-refractivity contribution in [2.75, 3.05) is 5.01 Å². The molecule has 4 nitrogen and oxygen atoms in total. The molecule has 0 aromatic heterocycles. The zero-order valence-electron chi connectivity index (χ0n) is 6.16. The van der Waals surface area contributed by atoms with Gasteiger partial charge in [-0.25, -0.2) is 10.5 Å². The summed E-state index contributed by atoms with van der Waals surface area (Å²) >= 11 is 5.73. The molecule has 0 aliphatic carbocycles. The summed E-state index contributed by atoms with van der Waals surface area (Å²) in [6.45, 7) is 0. The van der Waals surface area contributed by atoms with Gasteiger partial charge in [-0.3, -0.25) is 0 Å². The summed E-state index contributed by atoms with van der Waals surface area (Å²) in [4.78, 5) is 0. The molecule has 1 aliphatic heterocycles. The van der Waals surface area contributed by atoms with Crippen LogP contribution in [0.15, 0.2) is 29.4 Å². The lowest BCUT2D eigenvalue weighted by Crippen LogP contribution is -2.37. The molecule has 0 unspecified atom stereocenters. The molecule has 1 heterocycles. The summed E-state index contributed by atoms with van der Waals surface area (Å²) in [5.74, 6) is 0. The standard InChI is InChI=1S/C7H7ClN4/c8-6-1-3-7(4-2-6)12-5-9-10-11-12/h1-5,10-11H. The highest BCUT2D eigenvalue weighted by Crippen LogP contribution is 2.15. The van der Waals surface area contributed by atoms with E-state index >= 15 is 0 Å². The van der Waals surface area contributed by atoms with Gasteiger partial charge in [-0.15, -0.1) is 5.53 Å². The quantitative estimate of drug-likeness (QED) is 0.684. The van der Waals surface area contributed by atoms with Gasteiger partial charge in [-0.1, -0.05) is 11.6 Å². The summed E-state index contributed by atoms with van der Waals surface area (Å²) in [6.07, 6.45) is 1.64. The maximum absolute atomic E-state index is 5.73. The average molecular weight is 183 g/mol. The smallest absolute Gasteiger partial charge is 0.133 e. The number of hydrazine groups is 2. The Morgan fingerprint density at radius 1 is 1.25 bits per heavy atom. The second-order valence-electron chi connectivity index (χ2n) is 2.31. The fourth-order valence-electron chi connectivity index (χ4n) is 0.931. The molecule has 0 saturated carbocycles. The maximum atomic E-state index is 5.73. The van der Waals surface area contributed by atoms with E-state index in [0.717, 1.165) is 10.7 Å². The number of nitrogens with one attached hydrogen (secondary N) is 2. The van der Waals surface area contributed by atoms with Crippen LogP contribution in [-0.2, 0) is 0 Å². The second kappa shape index (κ2) is 3.00. The summed E-state index contributed by atoms with van der Waals surface area (Å²) in [7, 11) is 0. The molecular weight excluding hydrogens is 176 g/mol. The van der Waals surface area contributed by atoms with Gasteiger partial charge in [0.05, 0.1) is 5.69 Å². The van der Waals surface area contributed by atoms with Crippen molar-refractivity contribution >= 4 is 23.6 Å². The number of rotatable bonds is 1. The molecule has 0 radical (unpaired) electrons. The third kappa shape index (κ3) is 1.34. The molecule has 62 valence electrons. The highest BCUT2D eigenvalue weighted by Gasteiger charge is 2.05. The molecule has 0 amide bonds. The SMILES string of the molecule is Clc1ccc(N2C=NNN2)cc1.